The van der Waals surface area contributed by atoms with Crippen LogP contribution in [0.2, 0.25) is 0 Å². The molecule has 39 heavy (non-hydrogen) atoms. The lowest BCUT2D eigenvalue weighted by Gasteiger charge is -2.27. The number of carbonyl (C=O) groups is 2. The number of anilines is 1. The van der Waals surface area contributed by atoms with Gasteiger partial charge >= 0.3 is 5.97 Å². The Balaban J connectivity index is 1.80. The van der Waals surface area contributed by atoms with E-state index in [0.717, 1.165) is 28.5 Å². The normalized spacial score (nSPS) is 11.6. The van der Waals surface area contributed by atoms with Crippen molar-refractivity contribution in [3.05, 3.63) is 82.8 Å². The molecular formula is C29H36N2O7S. The molecule has 9 nitrogen and oxygen atoms in total. The Morgan fingerprint density at radius 2 is 1.64 bits per heavy atom. The van der Waals surface area contributed by atoms with Gasteiger partial charge in [-0.1, -0.05) is 24.3 Å². The molecule has 0 aliphatic heterocycles. The van der Waals surface area contributed by atoms with Crippen molar-refractivity contribution in [1.82, 2.24) is 4.90 Å². The van der Waals surface area contributed by atoms with Crippen LogP contribution in [-0.4, -0.2) is 43.7 Å². The molecule has 0 saturated carbocycles. The molecule has 0 saturated heterocycles. The number of rotatable bonds is 12. The van der Waals surface area contributed by atoms with Gasteiger partial charge < -0.3 is 18.8 Å². The van der Waals surface area contributed by atoms with Crippen molar-refractivity contribution in [2.75, 3.05) is 17.6 Å². The quantitative estimate of drug-likeness (QED) is 0.320. The largest absolute Gasteiger partial charge is 0.476 e. The zero-order valence-corrected chi connectivity index (χ0v) is 24.1. The molecule has 1 N–H and O–H groups in total. The lowest BCUT2D eigenvalue weighted by Crippen LogP contribution is -2.40. The molecule has 0 spiro atoms. The third-order valence-corrected chi connectivity index (χ3v) is 6.52. The smallest absolute Gasteiger partial charge is 0.349 e. The van der Waals surface area contributed by atoms with Crippen LogP contribution in [0.25, 0.3) is 0 Å². The highest BCUT2D eigenvalue weighted by Gasteiger charge is 2.32. The predicted molar refractivity (Wildman–Crippen MR) is 149 cm³/mol. The van der Waals surface area contributed by atoms with Crippen LogP contribution in [0.5, 0.6) is 5.75 Å². The van der Waals surface area contributed by atoms with Crippen LogP contribution in [-0.2, 0) is 43.9 Å². The van der Waals surface area contributed by atoms with Crippen LogP contribution in [0.15, 0.2) is 59.2 Å². The molecular weight excluding hydrogens is 520 g/mol. The van der Waals surface area contributed by atoms with E-state index < -0.39 is 21.6 Å². The van der Waals surface area contributed by atoms with Crippen molar-refractivity contribution in [3.63, 3.8) is 0 Å². The van der Waals surface area contributed by atoms with E-state index >= 15 is 0 Å². The summed E-state index contributed by atoms with van der Waals surface area (Å²) in [6, 6.07) is 14.2. The monoisotopic (exact) mass is 556 g/mol. The van der Waals surface area contributed by atoms with Gasteiger partial charge in [0.05, 0.1) is 32.1 Å². The van der Waals surface area contributed by atoms with E-state index in [0.29, 0.717) is 23.7 Å². The van der Waals surface area contributed by atoms with Crippen molar-refractivity contribution in [2.24, 2.45) is 0 Å². The third kappa shape index (κ3) is 8.61. The molecule has 10 heteroatoms. The van der Waals surface area contributed by atoms with Gasteiger partial charge in [0.2, 0.25) is 15.9 Å². The van der Waals surface area contributed by atoms with E-state index in [1.165, 1.54) is 0 Å². The van der Waals surface area contributed by atoms with Gasteiger partial charge in [0.1, 0.15) is 11.5 Å². The van der Waals surface area contributed by atoms with E-state index in [1.807, 2.05) is 32.0 Å². The maximum Gasteiger partial charge on any atom is 0.349 e. The molecule has 0 radical (unpaired) electrons. The number of aryl methyl sites for hydroxylation is 2. The second-order valence-corrected chi connectivity index (χ2v) is 11.7. The Morgan fingerprint density at radius 1 is 1.00 bits per heavy atom. The molecule has 0 unspecified atom stereocenters. The Hall–Kier alpha value is -3.79. The first-order valence-electron chi connectivity index (χ1n) is 12.6. The fourth-order valence-electron chi connectivity index (χ4n) is 4.13. The number of furan rings is 1. The Bertz CT molecular complexity index is 1370. The Kier molecular flexibility index (Phi) is 9.45. The molecule has 1 heterocycles. The Labute approximate surface area is 230 Å². The van der Waals surface area contributed by atoms with Crippen molar-refractivity contribution in [3.8, 4) is 5.75 Å². The molecule has 3 aromatic rings. The number of nitrogens with zero attached hydrogens (tertiary/aromatic N) is 1. The van der Waals surface area contributed by atoms with Crippen LogP contribution in [0.4, 0.5) is 5.69 Å². The Morgan fingerprint density at radius 3 is 2.18 bits per heavy atom. The van der Waals surface area contributed by atoms with E-state index in [-0.39, 0.29) is 25.5 Å². The lowest BCUT2D eigenvalue weighted by molar-refractivity contribution is -0.158. The molecule has 0 bridgehead atoms. The van der Waals surface area contributed by atoms with Crippen molar-refractivity contribution in [1.29, 1.82) is 0 Å². The molecule has 1 aromatic heterocycles. The first-order chi connectivity index (χ1) is 18.3. The van der Waals surface area contributed by atoms with E-state index in [2.05, 4.69) is 4.72 Å². The summed E-state index contributed by atoms with van der Waals surface area (Å²) in [5, 5.41) is 0. The summed E-state index contributed by atoms with van der Waals surface area (Å²) in [4.78, 5) is 27.5. The second kappa shape index (κ2) is 12.4. The zero-order chi connectivity index (χ0) is 28.8. The van der Waals surface area contributed by atoms with E-state index in [4.69, 9.17) is 13.9 Å². The van der Waals surface area contributed by atoms with Gasteiger partial charge in [0, 0.05) is 12.2 Å². The van der Waals surface area contributed by atoms with Gasteiger partial charge in [-0.2, -0.15) is 0 Å². The molecule has 210 valence electrons. The molecule has 0 aliphatic carbocycles. The maximum absolute atomic E-state index is 13.4. The minimum Gasteiger partial charge on any atom is -0.476 e. The fraction of sp³-hybridized carbons (Fsp3) is 0.379. The van der Waals surface area contributed by atoms with Crippen LogP contribution < -0.4 is 9.46 Å². The molecule has 3 rings (SSSR count). The number of ether oxygens (including phenoxy) is 2. The van der Waals surface area contributed by atoms with Crippen LogP contribution in [0.1, 0.15) is 48.8 Å². The molecule has 1 amide bonds. The predicted octanol–water partition coefficient (Wildman–Crippen LogP) is 4.76. The third-order valence-electron chi connectivity index (χ3n) is 5.91. The van der Waals surface area contributed by atoms with Gasteiger partial charge in [0.15, 0.2) is 5.60 Å². The summed E-state index contributed by atoms with van der Waals surface area (Å²) >= 11 is 0. The summed E-state index contributed by atoms with van der Waals surface area (Å²) in [5.74, 6) is 0.696. The summed E-state index contributed by atoms with van der Waals surface area (Å²) in [6.45, 7) is 9.78. The minimum atomic E-state index is -3.39. The van der Waals surface area contributed by atoms with Crippen molar-refractivity contribution in [2.45, 2.75) is 59.7 Å². The molecule has 2 aromatic carbocycles. The topological polar surface area (TPSA) is 115 Å². The number of benzene rings is 2. The summed E-state index contributed by atoms with van der Waals surface area (Å²) in [7, 11) is -3.39. The molecule has 0 atom stereocenters. The highest BCUT2D eigenvalue weighted by molar-refractivity contribution is 7.92. The average molecular weight is 557 g/mol. The highest BCUT2D eigenvalue weighted by Crippen LogP contribution is 2.30. The van der Waals surface area contributed by atoms with Crippen molar-refractivity contribution >= 4 is 27.6 Å². The van der Waals surface area contributed by atoms with Gasteiger partial charge in [-0.05, 0) is 81.1 Å². The van der Waals surface area contributed by atoms with Crippen LogP contribution >= 0.6 is 0 Å². The fourth-order valence-corrected chi connectivity index (χ4v) is 4.69. The van der Waals surface area contributed by atoms with E-state index in [1.54, 1.807) is 62.3 Å². The second-order valence-electron chi connectivity index (χ2n) is 9.97. The van der Waals surface area contributed by atoms with Gasteiger partial charge in [-0.3, -0.25) is 9.52 Å². The summed E-state index contributed by atoms with van der Waals surface area (Å²) in [6.07, 6.45) is 2.78. The number of sulfonamides is 1. The summed E-state index contributed by atoms with van der Waals surface area (Å²) in [5.41, 5.74) is 2.60. The maximum atomic E-state index is 13.4. The summed E-state index contributed by atoms with van der Waals surface area (Å²) < 4.78 is 42.1. The SMILES string of the molecule is CCOC(=O)C(C)(C)Oc1c(C)cc(CN(Cc2ccco2)C(=O)Cc2ccc(NS(C)(=O)=O)cc2)cc1C. The molecule has 0 aliphatic rings. The van der Waals surface area contributed by atoms with Gasteiger partial charge in [0.25, 0.3) is 0 Å². The van der Waals surface area contributed by atoms with Crippen LogP contribution in [0.3, 0.4) is 0 Å². The van der Waals surface area contributed by atoms with Crippen LogP contribution in [0, 0.1) is 13.8 Å². The standard InChI is InChI=1S/C29H36N2O7S/c1-7-36-28(33)29(4,5)38-27-20(2)15-23(16-21(27)3)18-31(19-25-9-8-14-37-25)26(32)17-22-10-12-24(13-11-22)30-39(6,34)35/h8-16,30H,7,17-19H2,1-6H3. The zero-order valence-electron chi connectivity index (χ0n) is 23.2. The van der Waals surface area contributed by atoms with Crippen molar-refractivity contribution < 1.29 is 31.9 Å². The number of nitrogens with one attached hydrogen (secondary N) is 1. The average Bonchev–Trinajstić information content (AvgIpc) is 3.35. The lowest BCUT2D eigenvalue weighted by atomic mass is 10.0. The number of hydrogen-bond acceptors (Lipinski definition) is 7. The number of carbonyl (C=O) groups excluding carboxylic acids is 2. The minimum absolute atomic E-state index is 0.116. The van der Waals surface area contributed by atoms with E-state index in [9.17, 15) is 18.0 Å². The van der Waals surface area contributed by atoms with Gasteiger partial charge in [-0.15, -0.1) is 0 Å². The first kappa shape index (κ1) is 29.8. The van der Waals surface area contributed by atoms with Gasteiger partial charge in [-0.25, -0.2) is 13.2 Å². The number of hydrogen-bond donors (Lipinski definition) is 1. The molecule has 0 fully saturated rings. The number of esters is 1. The highest BCUT2D eigenvalue weighted by atomic mass is 32.2. The first-order valence-corrected chi connectivity index (χ1v) is 14.5. The number of amides is 1.